The van der Waals surface area contributed by atoms with Crippen molar-refractivity contribution in [1.29, 1.82) is 0 Å². The van der Waals surface area contributed by atoms with Crippen LogP contribution in [-0.2, 0) is 10.0 Å². The van der Waals surface area contributed by atoms with Crippen LogP contribution in [0.4, 0.5) is 5.69 Å². The average Bonchev–Trinajstić information content (AvgIpc) is 2.94. The predicted molar refractivity (Wildman–Crippen MR) is 86.0 cm³/mol. The second kappa shape index (κ2) is 6.93. The highest BCUT2D eigenvalue weighted by Crippen LogP contribution is 2.17. The van der Waals surface area contributed by atoms with E-state index in [1.165, 1.54) is 0 Å². The molecule has 2 rings (SSSR count). The van der Waals surface area contributed by atoms with E-state index in [9.17, 15) is 8.42 Å². The lowest BCUT2D eigenvalue weighted by molar-refractivity contribution is 0.340. The molecular weight excluding hydrogens is 308 g/mol. The van der Waals surface area contributed by atoms with E-state index in [-0.39, 0.29) is 18.4 Å². The lowest BCUT2D eigenvalue weighted by Crippen LogP contribution is -2.31. The number of hydrogen-bond acceptors (Lipinski definition) is 5. The van der Waals surface area contributed by atoms with E-state index in [4.69, 9.17) is 10.5 Å². The second-order valence-corrected chi connectivity index (χ2v) is 7.29. The highest BCUT2D eigenvalue weighted by Gasteiger charge is 2.16. The van der Waals surface area contributed by atoms with Crippen molar-refractivity contribution in [2.45, 2.75) is 13.0 Å². The van der Waals surface area contributed by atoms with Crippen LogP contribution in [0.15, 0.2) is 41.1 Å². The van der Waals surface area contributed by atoms with E-state index in [0.717, 1.165) is 5.56 Å². The van der Waals surface area contributed by atoms with Crippen LogP contribution in [0.2, 0.25) is 0 Å². The third kappa shape index (κ3) is 5.04. The number of ether oxygens (including phenoxy) is 1. The van der Waals surface area contributed by atoms with Gasteiger partial charge in [0, 0.05) is 11.7 Å². The lowest BCUT2D eigenvalue weighted by atomic mass is 10.2. The van der Waals surface area contributed by atoms with Gasteiger partial charge >= 0.3 is 0 Å². The Kier molecular flexibility index (Phi) is 5.22. The van der Waals surface area contributed by atoms with E-state index in [0.29, 0.717) is 11.4 Å². The van der Waals surface area contributed by atoms with Crippen molar-refractivity contribution in [3.63, 3.8) is 0 Å². The van der Waals surface area contributed by atoms with Crippen molar-refractivity contribution in [3.05, 3.63) is 46.7 Å². The summed E-state index contributed by atoms with van der Waals surface area (Å²) in [7, 11) is -3.38. The topological polar surface area (TPSA) is 81.4 Å². The smallest absolute Gasteiger partial charge is 0.215 e. The van der Waals surface area contributed by atoms with Gasteiger partial charge < -0.3 is 10.5 Å². The molecule has 0 spiro atoms. The van der Waals surface area contributed by atoms with Crippen molar-refractivity contribution in [3.8, 4) is 5.75 Å². The predicted octanol–water partition coefficient (Wildman–Crippen LogP) is 2.39. The monoisotopic (exact) mass is 326 g/mol. The van der Waals surface area contributed by atoms with E-state index in [1.807, 2.05) is 23.8 Å². The van der Waals surface area contributed by atoms with Gasteiger partial charge in [0.2, 0.25) is 10.0 Å². The molecule has 5 nitrogen and oxygen atoms in total. The summed E-state index contributed by atoms with van der Waals surface area (Å²) < 4.78 is 32.0. The molecule has 0 saturated carbocycles. The summed E-state index contributed by atoms with van der Waals surface area (Å²) in [6.07, 6.45) is 0. The highest BCUT2D eigenvalue weighted by atomic mass is 32.2. The zero-order valence-corrected chi connectivity index (χ0v) is 13.3. The van der Waals surface area contributed by atoms with Gasteiger partial charge in [-0.2, -0.15) is 11.3 Å². The van der Waals surface area contributed by atoms with Gasteiger partial charge in [-0.3, -0.25) is 0 Å². The molecule has 0 aliphatic heterocycles. The van der Waals surface area contributed by atoms with Gasteiger partial charge in [-0.15, -0.1) is 0 Å². The van der Waals surface area contributed by atoms with Crippen LogP contribution >= 0.6 is 11.3 Å². The minimum Gasteiger partial charge on any atom is -0.492 e. The first-order chi connectivity index (χ1) is 9.96. The van der Waals surface area contributed by atoms with Crippen LogP contribution in [-0.4, -0.2) is 20.8 Å². The molecule has 2 aromatic rings. The molecule has 21 heavy (non-hydrogen) atoms. The average molecular weight is 326 g/mol. The van der Waals surface area contributed by atoms with Gasteiger partial charge in [0.25, 0.3) is 0 Å². The van der Waals surface area contributed by atoms with Crippen LogP contribution in [0.1, 0.15) is 18.5 Å². The number of anilines is 1. The highest BCUT2D eigenvalue weighted by molar-refractivity contribution is 7.89. The van der Waals surface area contributed by atoms with Crippen molar-refractivity contribution >= 4 is 27.0 Å². The molecule has 0 saturated heterocycles. The van der Waals surface area contributed by atoms with Gasteiger partial charge in [0.05, 0.1) is 5.75 Å². The van der Waals surface area contributed by atoms with Gasteiger partial charge in [0.15, 0.2) is 0 Å². The van der Waals surface area contributed by atoms with Crippen LogP contribution in [0.25, 0.3) is 0 Å². The van der Waals surface area contributed by atoms with Crippen molar-refractivity contribution < 1.29 is 13.2 Å². The maximum Gasteiger partial charge on any atom is 0.215 e. The Labute approximate surface area is 128 Å². The van der Waals surface area contributed by atoms with E-state index in [1.54, 1.807) is 35.6 Å². The Morgan fingerprint density at radius 1 is 1.29 bits per heavy atom. The fourth-order valence-corrected chi connectivity index (χ4v) is 3.60. The summed E-state index contributed by atoms with van der Waals surface area (Å²) >= 11 is 1.54. The van der Waals surface area contributed by atoms with E-state index >= 15 is 0 Å². The molecule has 0 aliphatic rings. The first kappa shape index (κ1) is 15.8. The largest absolute Gasteiger partial charge is 0.492 e. The second-order valence-electron chi connectivity index (χ2n) is 4.63. The van der Waals surface area contributed by atoms with Crippen molar-refractivity contribution in [2.24, 2.45) is 0 Å². The van der Waals surface area contributed by atoms with E-state index < -0.39 is 10.0 Å². The standard InChI is InChI=1S/C14H18N2O3S2/c1-11(12-6-8-20-10-12)16-21(17,18)9-7-19-14-4-2-13(15)3-5-14/h2-6,8,10-11,16H,7,9,15H2,1H3. The Hall–Kier alpha value is -1.57. The number of rotatable bonds is 7. The molecule has 0 radical (unpaired) electrons. The maximum atomic E-state index is 12.0. The number of thiophene rings is 1. The van der Waals surface area contributed by atoms with Crippen LogP contribution < -0.4 is 15.2 Å². The Morgan fingerprint density at radius 3 is 2.62 bits per heavy atom. The first-order valence-electron chi connectivity index (χ1n) is 6.47. The summed E-state index contributed by atoms with van der Waals surface area (Å²) in [5, 5.41) is 3.85. The summed E-state index contributed by atoms with van der Waals surface area (Å²) in [6, 6.07) is 8.51. The number of hydrogen-bond donors (Lipinski definition) is 2. The molecule has 114 valence electrons. The minimum absolute atomic E-state index is 0.0914. The third-order valence-corrected chi connectivity index (χ3v) is 5.02. The van der Waals surface area contributed by atoms with Crippen LogP contribution in [0.5, 0.6) is 5.75 Å². The Balaban J connectivity index is 1.82. The normalized spacial score (nSPS) is 13.0. The Bertz CT molecular complexity index is 652. The number of nitrogen functional groups attached to an aromatic ring is 1. The molecule has 0 aliphatic carbocycles. The van der Waals surface area contributed by atoms with Crippen LogP contribution in [0, 0.1) is 0 Å². The lowest BCUT2D eigenvalue weighted by Gasteiger charge is -2.13. The molecule has 0 bridgehead atoms. The van der Waals surface area contributed by atoms with Gasteiger partial charge in [-0.1, -0.05) is 0 Å². The zero-order valence-electron chi connectivity index (χ0n) is 11.7. The molecule has 7 heteroatoms. The summed E-state index contributed by atoms with van der Waals surface area (Å²) in [5.41, 5.74) is 7.17. The molecule has 1 unspecified atom stereocenters. The SMILES string of the molecule is CC(NS(=O)(=O)CCOc1ccc(N)cc1)c1ccsc1. The first-order valence-corrected chi connectivity index (χ1v) is 9.06. The Morgan fingerprint density at radius 2 is 2.00 bits per heavy atom. The van der Waals surface area contributed by atoms with Crippen LogP contribution in [0.3, 0.4) is 0 Å². The van der Waals surface area contributed by atoms with Crippen molar-refractivity contribution in [2.75, 3.05) is 18.1 Å². The van der Waals surface area contributed by atoms with E-state index in [2.05, 4.69) is 4.72 Å². The van der Waals surface area contributed by atoms with Crippen molar-refractivity contribution in [1.82, 2.24) is 4.72 Å². The zero-order chi connectivity index (χ0) is 15.3. The van der Waals surface area contributed by atoms with Gasteiger partial charge in [-0.05, 0) is 53.6 Å². The molecule has 1 atom stereocenters. The number of benzene rings is 1. The molecular formula is C14H18N2O3S2. The molecule has 1 heterocycles. The number of nitrogens with two attached hydrogens (primary N) is 1. The minimum atomic E-state index is -3.38. The molecule has 3 N–H and O–H groups in total. The number of sulfonamides is 1. The summed E-state index contributed by atoms with van der Waals surface area (Å²) in [5.74, 6) is 0.511. The van der Waals surface area contributed by atoms with Gasteiger partial charge in [-0.25, -0.2) is 13.1 Å². The number of nitrogens with one attached hydrogen (secondary N) is 1. The molecule has 1 aromatic carbocycles. The summed E-state index contributed by atoms with van der Waals surface area (Å²) in [4.78, 5) is 0. The maximum absolute atomic E-state index is 12.0. The fourth-order valence-electron chi connectivity index (χ4n) is 1.75. The quantitative estimate of drug-likeness (QED) is 0.766. The summed E-state index contributed by atoms with van der Waals surface area (Å²) in [6.45, 7) is 1.91. The van der Waals surface area contributed by atoms with Gasteiger partial charge in [0.1, 0.15) is 12.4 Å². The fraction of sp³-hybridized carbons (Fsp3) is 0.286. The third-order valence-electron chi connectivity index (χ3n) is 2.90. The molecule has 0 fully saturated rings. The molecule has 0 amide bonds. The molecule has 1 aromatic heterocycles.